The van der Waals surface area contributed by atoms with Gasteiger partial charge in [-0.3, -0.25) is 4.79 Å². The minimum absolute atomic E-state index is 0.0280. The van der Waals surface area contributed by atoms with Crippen LogP contribution in [0.2, 0.25) is 0 Å². The molecule has 0 heterocycles. The number of phenolic OH excluding ortho intramolecular Hbond substituents is 1. The van der Waals surface area contributed by atoms with Crippen LogP contribution in [0.4, 0.5) is 0 Å². The Kier molecular flexibility index (Phi) is 4.10. The van der Waals surface area contributed by atoms with Gasteiger partial charge in [-0.2, -0.15) is 4.99 Å². The number of aliphatic imine (C=N–C) groups is 1. The van der Waals surface area contributed by atoms with Gasteiger partial charge in [-0.25, -0.2) is 0 Å². The van der Waals surface area contributed by atoms with Crippen molar-refractivity contribution in [3.63, 3.8) is 0 Å². The molecule has 0 atom stereocenters. The quantitative estimate of drug-likeness (QED) is 0.394. The number of nitrogens with two attached hydrogens (primary N) is 2. The van der Waals surface area contributed by atoms with E-state index in [1.807, 2.05) is 0 Å². The third kappa shape index (κ3) is 3.86. The lowest BCUT2D eigenvalue weighted by Crippen LogP contribution is -2.23. The minimum atomic E-state index is -0.558. The summed E-state index contributed by atoms with van der Waals surface area (Å²) in [5, 5.41) is 9.36. The fourth-order valence-electron chi connectivity index (χ4n) is 1.13. The Hall–Kier alpha value is -2.50. The molecule has 1 amide bonds. The van der Waals surface area contributed by atoms with Crippen LogP contribution in [0.3, 0.4) is 0 Å². The van der Waals surface area contributed by atoms with E-state index in [2.05, 4.69) is 4.99 Å². The molecule has 1 aromatic rings. The number of methoxy groups -OCH3 is 1. The van der Waals surface area contributed by atoms with Gasteiger partial charge < -0.3 is 21.3 Å². The van der Waals surface area contributed by atoms with Crippen LogP contribution in [-0.4, -0.2) is 24.1 Å². The first-order valence-electron chi connectivity index (χ1n) is 4.71. The topological polar surface area (TPSA) is 111 Å². The van der Waals surface area contributed by atoms with Crippen molar-refractivity contribution in [2.24, 2.45) is 16.5 Å². The van der Waals surface area contributed by atoms with E-state index in [4.69, 9.17) is 16.2 Å². The molecule has 0 aromatic heterocycles. The zero-order chi connectivity index (χ0) is 12.8. The number of ether oxygens (including phenoxy) is 1. The van der Waals surface area contributed by atoms with Crippen LogP contribution >= 0.6 is 0 Å². The molecule has 6 nitrogen and oxygen atoms in total. The molecule has 0 fully saturated rings. The van der Waals surface area contributed by atoms with Gasteiger partial charge >= 0.3 is 0 Å². The van der Waals surface area contributed by atoms with E-state index in [-0.39, 0.29) is 11.7 Å². The number of carbonyl (C=O) groups is 1. The molecular formula is C11H13N3O3. The molecule has 90 valence electrons. The zero-order valence-electron chi connectivity index (χ0n) is 9.25. The summed E-state index contributed by atoms with van der Waals surface area (Å²) in [5.41, 5.74) is 10.8. The highest BCUT2D eigenvalue weighted by molar-refractivity contribution is 5.99. The molecule has 0 saturated carbocycles. The molecular weight excluding hydrogens is 222 g/mol. The van der Waals surface area contributed by atoms with Gasteiger partial charge in [0.2, 0.25) is 0 Å². The average molecular weight is 235 g/mol. The van der Waals surface area contributed by atoms with Crippen molar-refractivity contribution >= 4 is 17.9 Å². The van der Waals surface area contributed by atoms with E-state index in [0.29, 0.717) is 11.3 Å². The molecule has 0 bridgehead atoms. The highest BCUT2D eigenvalue weighted by Gasteiger charge is 2.00. The molecule has 0 aliphatic heterocycles. The van der Waals surface area contributed by atoms with Crippen LogP contribution in [0.15, 0.2) is 29.3 Å². The molecule has 6 heteroatoms. The number of carbonyl (C=O) groups excluding carboxylic acids is 1. The highest BCUT2D eigenvalue weighted by atomic mass is 16.5. The second-order valence-corrected chi connectivity index (χ2v) is 3.14. The summed E-state index contributed by atoms with van der Waals surface area (Å²) in [6.07, 6.45) is 2.72. The number of nitrogens with zero attached hydrogens (tertiary/aromatic N) is 1. The van der Waals surface area contributed by atoms with E-state index in [0.717, 1.165) is 0 Å². The second kappa shape index (κ2) is 5.55. The van der Waals surface area contributed by atoms with E-state index in [1.165, 1.54) is 25.3 Å². The summed E-state index contributed by atoms with van der Waals surface area (Å²) in [5.74, 6) is -0.499. The van der Waals surface area contributed by atoms with Gasteiger partial charge in [-0.15, -0.1) is 0 Å². The van der Waals surface area contributed by atoms with Crippen molar-refractivity contribution in [1.82, 2.24) is 0 Å². The standard InChI is InChI=1S/C11H13N3O3/c1-17-9-6-7(2-4-8(9)15)3-5-10(16)14-11(12)13/h2-6,15H,1H3,(H4,12,13,14,16). The molecule has 17 heavy (non-hydrogen) atoms. The number of rotatable bonds is 3. The Morgan fingerprint density at radius 2 is 2.18 bits per heavy atom. The van der Waals surface area contributed by atoms with Crippen molar-refractivity contribution < 1.29 is 14.6 Å². The van der Waals surface area contributed by atoms with Crippen LogP contribution in [0.5, 0.6) is 11.5 Å². The molecule has 1 aromatic carbocycles. The molecule has 5 N–H and O–H groups in total. The minimum Gasteiger partial charge on any atom is -0.504 e. The van der Waals surface area contributed by atoms with E-state index >= 15 is 0 Å². The fourth-order valence-corrected chi connectivity index (χ4v) is 1.13. The number of phenols is 1. The monoisotopic (exact) mass is 235 g/mol. The Labute approximate surface area is 98.2 Å². The second-order valence-electron chi connectivity index (χ2n) is 3.14. The average Bonchev–Trinajstić information content (AvgIpc) is 2.27. The first kappa shape index (κ1) is 12.6. The number of aromatic hydroxyl groups is 1. The molecule has 0 saturated heterocycles. The third-order valence-electron chi connectivity index (χ3n) is 1.86. The lowest BCUT2D eigenvalue weighted by molar-refractivity contribution is -0.113. The van der Waals surface area contributed by atoms with Crippen LogP contribution in [0, 0.1) is 0 Å². The maximum atomic E-state index is 11.1. The molecule has 0 aliphatic rings. The molecule has 0 spiro atoms. The summed E-state index contributed by atoms with van der Waals surface area (Å²) in [4.78, 5) is 14.5. The Morgan fingerprint density at radius 3 is 2.76 bits per heavy atom. The predicted molar refractivity (Wildman–Crippen MR) is 64.5 cm³/mol. The summed E-state index contributed by atoms with van der Waals surface area (Å²) in [6.45, 7) is 0. The van der Waals surface area contributed by atoms with E-state index < -0.39 is 5.91 Å². The smallest absolute Gasteiger partial charge is 0.272 e. The number of guanidine groups is 1. The number of amides is 1. The molecule has 1 rings (SSSR count). The Morgan fingerprint density at radius 1 is 1.47 bits per heavy atom. The normalized spacial score (nSPS) is 10.2. The van der Waals surface area contributed by atoms with Crippen molar-refractivity contribution in [3.05, 3.63) is 29.8 Å². The van der Waals surface area contributed by atoms with Gasteiger partial charge in [0.15, 0.2) is 17.5 Å². The fraction of sp³-hybridized carbons (Fsp3) is 0.0909. The lowest BCUT2D eigenvalue weighted by atomic mass is 10.2. The van der Waals surface area contributed by atoms with Crippen LogP contribution in [-0.2, 0) is 4.79 Å². The van der Waals surface area contributed by atoms with Crippen molar-refractivity contribution in [2.75, 3.05) is 7.11 Å². The van der Waals surface area contributed by atoms with Crippen LogP contribution in [0.25, 0.3) is 6.08 Å². The first-order chi connectivity index (χ1) is 8.02. The zero-order valence-corrected chi connectivity index (χ0v) is 9.25. The van der Waals surface area contributed by atoms with Gasteiger partial charge in [-0.1, -0.05) is 6.07 Å². The van der Waals surface area contributed by atoms with Gasteiger partial charge in [-0.05, 0) is 23.8 Å². The van der Waals surface area contributed by atoms with Gasteiger partial charge in [0.25, 0.3) is 5.91 Å². The Balaban J connectivity index is 2.85. The third-order valence-corrected chi connectivity index (χ3v) is 1.86. The molecule has 0 aliphatic carbocycles. The number of hydrogen-bond acceptors (Lipinski definition) is 3. The van der Waals surface area contributed by atoms with Crippen LogP contribution in [0.1, 0.15) is 5.56 Å². The predicted octanol–water partition coefficient (Wildman–Crippen LogP) is 0.214. The van der Waals surface area contributed by atoms with Crippen molar-refractivity contribution in [3.8, 4) is 11.5 Å². The lowest BCUT2D eigenvalue weighted by Gasteiger charge is -2.03. The maximum Gasteiger partial charge on any atom is 0.272 e. The van der Waals surface area contributed by atoms with Gasteiger partial charge in [0.1, 0.15) is 0 Å². The summed E-state index contributed by atoms with van der Waals surface area (Å²) in [7, 11) is 1.44. The number of hydrogen-bond donors (Lipinski definition) is 3. The largest absolute Gasteiger partial charge is 0.504 e. The molecule has 0 radical (unpaired) electrons. The highest BCUT2D eigenvalue weighted by Crippen LogP contribution is 2.26. The number of benzene rings is 1. The summed E-state index contributed by atoms with van der Waals surface area (Å²) in [6, 6.07) is 4.66. The van der Waals surface area contributed by atoms with E-state index in [1.54, 1.807) is 12.1 Å². The summed E-state index contributed by atoms with van der Waals surface area (Å²) < 4.78 is 4.92. The summed E-state index contributed by atoms with van der Waals surface area (Å²) >= 11 is 0. The van der Waals surface area contributed by atoms with Crippen LogP contribution < -0.4 is 16.2 Å². The van der Waals surface area contributed by atoms with Crippen molar-refractivity contribution in [1.29, 1.82) is 0 Å². The van der Waals surface area contributed by atoms with E-state index in [9.17, 15) is 9.90 Å². The van der Waals surface area contributed by atoms with Gasteiger partial charge in [0.05, 0.1) is 7.11 Å². The van der Waals surface area contributed by atoms with Crippen molar-refractivity contribution in [2.45, 2.75) is 0 Å². The van der Waals surface area contributed by atoms with Gasteiger partial charge in [0, 0.05) is 6.08 Å². The SMILES string of the molecule is COc1cc(C=CC(=O)N=C(N)N)ccc1O. The maximum absolute atomic E-state index is 11.1. The molecule has 0 unspecified atom stereocenters. The Bertz CT molecular complexity index is 477. The first-order valence-corrected chi connectivity index (χ1v) is 4.71.